The first-order chi connectivity index (χ1) is 18.5. The molecule has 2 amide bonds. The van der Waals surface area contributed by atoms with E-state index in [4.69, 9.17) is 4.84 Å². The molecule has 1 saturated heterocycles. The molecule has 0 saturated carbocycles. The van der Waals surface area contributed by atoms with Crippen LogP contribution in [-0.4, -0.2) is 97.1 Å². The van der Waals surface area contributed by atoms with E-state index in [0.717, 1.165) is 62.0 Å². The number of hydrogen-bond donors (Lipinski definition) is 3. The largest absolute Gasteiger partial charge is 0.354 e. The normalized spacial score (nSPS) is 19.4. The second-order valence-electron chi connectivity index (χ2n) is 10.1. The molecule has 2 unspecified atom stereocenters. The second-order valence-corrected chi connectivity index (χ2v) is 10.9. The van der Waals surface area contributed by atoms with E-state index in [0.29, 0.717) is 30.6 Å². The maximum atomic E-state index is 13.6. The zero-order valence-corrected chi connectivity index (χ0v) is 24.2. The third-order valence-corrected chi connectivity index (χ3v) is 8.16. The number of nitrogens with one attached hydrogen (secondary N) is 1. The van der Waals surface area contributed by atoms with Gasteiger partial charge in [-0.1, -0.05) is 36.4 Å². The van der Waals surface area contributed by atoms with Crippen molar-refractivity contribution >= 4 is 53.4 Å². The minimum Gasteiger partial charge on any atom is -0.354 e. The molecular weight excluding hydrogens is 516 g/mol. The quantitative estimate of drug-likeness (QED) is 0.260. The molecule has 2 aliphatic heterocycles. The van der Waals surface area contributed by atoms with Crippen molar-refractivity contribution in [3.05, 3.63) is 53.6 Å². The van der Waals surface area contributed by atoms with Crippen molar-refractivity contribution in [2.75, 3.05) is 58.4 Å². The molecule has 1 N–H and O–H groups in total. The Kier molecular flexibility index (Phi) is 10.6. The van der Waals surface area contributed by atoms with Crippen LogP contribution in [0.2, 0.25) is 0 Å². The van der Waals surface area contributed by atoms with Gasteiger partial charge in [-0.25, -0.2) is 5.06 Å². The van der Waals surface area contributed by atoms with Gasteiger partial charge >= 0.3 is 0 Å². The summed E-state index contributed by atoms with van der Waals surface area (Å²) in [5.41, 5.74) is 3.13. The van der Waals surface area contributed by atoms with Crippen LogP contribution in [0, 0.1) is 0 Å². The molecule has 9 heteroatoms. The zero-order valence-electron chi connectivity index (χ0n) is 22.4. The van der Waals surface area contributed by atoms with Gasteiger partial charge in [0.2, 0.25) is 5.91 Å². The fraction of sp³-hybridized carbons (Fsp3) is 0.517. The summed E-state index contributed by atoms with van der Waals surface area (Å²) in [6.07, 6.45) is 3.81. The number of hydroxylamine groups is 2. The van der Waals surface area contributed by atoms with Crippen LogP contribution in [0.1, 0.15) is 31.2 Å². The van der Waals surface area contributed by atoms with Crippen molar-refractivity contribution in [2.24, 2.45) is 0 Å². The Balaban J connectivity index is 1.53. The fourth-order valence-electron chi connectivity index (χ4n) is 5.87. The minimum absolute atomic E-state index is 0.0253. The average molecular weight is 557 g/mol. The van der Waals surface area contributed by atoms with Crippen LogP contribution in [0.3, 0.4) is 0 Å². The van der Waals surface area contributed by atoms with Gasteiger partial charge in [-0.2, -0.15) is 25.3 Å². The highest BCUT2D eigenvalue weighted by Gasteiger charge is 2.44. The highest BCUT2D eigenvalue weighted by Crippen LogP contribution is 2.44. The number of likely N-dealkylation sites (N-methyl/N-ethyl adjacent to an activating group) is 1. The van der Waals surface area contributed by atoms with E-state index in [1.165, 1.54) is 22.9 Å². The summed E-state index contributed by atoms with van der Waals surface area (Å²) in [6, 6.07) is 15.3. The first-order valence-corrected chi connectivity index (χ1v) is 14.7. The molecule has 0 radical (unpaired) electrons. The molecule has 0 aliphatic carbocycles. The molecule has 2 heterocycles. The highest BCUT2D eigenvalue weighted by molar-refractivity contribution is 7.80. The Hall–Kier alpha value is -2.04. The van der Waals surface area contributed by atoms with E-state index in [2.05, 4.69) is 82.8 Å². The van der Waals surface area contributed by atoms with Crippen molar-refractivity contribution < 1.29 is 14.4 Å². The van der Waals surface area contributed by atoms with E-state index in [1.807, 2.05) is 0 Å². The van der Waals surface area contributed by atoms with Crippen LogP contribution >= 0.6 is 25.3 Å². The molecule has 0 aromatic heterocycles. The zero-order chi connectivity index (χ0) is 27.1. The van der Waals surface area contributed by atoms with Crippen LogP contribution in [0.5, 0.6) is 0 Å². The van der Waals surface area contributed by atoms with Crippen molar-refractivity contribution in [2.45, 2.75) is 37.8 Å². The molecule has 2 aromatic carbocycles. The standard InChI is InChI=1S/C29H40N4O3S2/c1-31(36-2)29(35)28-25(23-9-8-21-6-3-4-7-22(21)18-23)19-24-10-11-26(28)33(24)14-5-13-32(15-17-38)20-27(34)30-12-16-37/h3-4,6-9,18,24,26,37-38H,5,10-17,19-20H2,1-2H3,(H,30,34). The first kappa shape index (κ1) is 29.0. The minimum atomic E-state index is -0.0661. The third-order valence-electron chi connectivity index (χ3n) is 7.74. The SMILES string of the molecule is CON(C)C(=O)C1=C(c2ccc3ccccc3c2)CC2CCC1N2CCCN(CCS)CC(=O)NCCS. The van der Waals surface area contributed by atoms with Crippen molar-refractivity contribution in [3.63, 3.8) is 0 Å². The Morgan fingerprint density at radius 1 is 1.08 bits per heavy atom. The molecule has 2 aliphatic rings. The van der Waals surface area contributed by atoms with Gasteiger partial charge in [0.05, 0.1) is 13.7 Å². The van der Waals surface area contributed by atoms with Gasteiger partial charge in [-0.05, 0) is 60.2 Å². The Bertz CT molecular complexity index is 1160. The van der Waals surface area contributed by atoms with E-state index in [-0.39, 0.29) is 17.9 Å². The summed E-state index contributed by atoms with van der Waals surface area (Å²) in [5.74, 6) is 1.29. The van der Waals surface area contributed by atoms with Crippen molar-refractivity contribution in [3.8, 4) is 0 Å². The summed E-state index contributed by atoms with van der Waals surface area (Å²) in [6.45, 7) is 3.41. The molecule has 4 rings (SSSR count). The molecule has 0 spiro atoms. The first-order valence-electron chi connectivity index (χ1n) is 13.5. The molecule has 206 valence electrons. The smallest absolute Gasteiger partial charge is 0.274 e. The number of amides is 2. The number of hydrogen-bond acceptors (Lipinski definition) is 7. The van der Waals surface area contributed by atoms with E-state index in [9.17, 15) is 9.59 Å². The summed E-state index contributed by atoms with van der Waals surface area (Å²) in [7, 11) is 3.22. The van der Waals surface area contributed by atoms with Gasteiger partial charge in [-0.3, -0.25) is 24.2 Å². The number of carbonyl (C=O) groups is 2. The topological polar surface area (TPSA) is 65.1 Å². The maximum absolute atomic E-state index is 13.6. The van der Waals surface area contributed by atoms with Gasteiger partial charge in [0.15, 0.2) is 0 Å². The summed E-state index contributed by atoms with van der Waals surface area (Å²) >= 11 is 8.55. The number of benzene rings is 2. The third kappa shape index (κ3) is 6.74. The Morgan fingerprint density at radius 3 is 2.61 bits per heavy atom. The lowest BCUT2D eigenvalue weighted by Crippen LogP contribution is -2.46. The van der Waals surface area contributed by atoms with Crippen LogP contribution in [0.25, 0.3) is 16.3 Å². The number of carbonyl (C=O) groups excluding carboxylic acids is 2. The van der Waals surface area contributed by atoms with Gasteiger partial charge in [-0.15, -0.1) is 0 Å². The number of fused-ring (bicyclic) bond motifs is 3. The van der Waals surface area contributed by atoms with E-state index < -0.39 is 0 Å². The monoisotopic (exact) mass is 556 g/mol. The lowest BCUT2D eigenvalue weighted by molar-refractivity contribution is -0.164. The summed E-state index contributed by atoms with van der Waals surface area (Å²) < 4.78 is 0. The summed E-state index contributed by atoms with van der Waals surface area (Å²) in [5, 5.41) is 6.63. The molecule has 7 nitrogen and oxygen atoms in total. The molecule has 2 bridgehead atoms. The maximum Gasteiger partial charge on any atom is 0.274 e. The molecular formula is C29H40N4O3S2. The van der Waals surface area contributed by atoms with Crippen LogP contribution < -0.4 is 5.32 Å². The molecule has 2 atom stereocenters. The molecule has 1 fully saturated rings. The number of thiol groups is 2. The van der Waals surface area contributed by atoms with Crippen LogP contribution in [0.4, 0.5) is 0 Å². The van der Waals surface area contributed by atoms with Crippen LogP contribution in [0.15, 0.2) is 48.0 Å². The fourth-order valence-corrected chi connectivity index (χ4v) is 6.26. The van der Waals surface area contributed by atoms with Crippen LogP contribution in [-0.2, 0) is 14.4 Å². The molecule has 38 heavy (non-hydrogen) atoms. The predicted octanol–water partition coefficient (Wildman–Crippen LogP) is 3.52. The number of nitrogens with zero attached hydrogens (tertiary/aromatic N) is 3. The number of rotatable bonds is 13. The average Bonchev–Trinajstić information content (AvgIpc) is 3.21. The predicted molar refractivity (Wildman–Crippen MR) is 161 cm³/mol. The van der Waals surface area contributed by atoms with Crippen molar-refractivity contribution in [1.82, 2.24) is 20.2 Å². The van der Waals surface area contributed by atoms with Gasteiger partial charge < -0.3 is 5.32 Å². The van der Waals surface area contributed by atoms with Gasteiger partial charge in [0.1, 0.15) is 0 Å². The Morgan fingerprint density at radius 2 is 1.87 bits per heavy atom. The lowest BCUT2D eigenvalue weighted by Gasteiger charge is -2.38. The molecule has 2 aromatic rings. The Labute approximate surface area is 237 Å². The van der Waals surface area contributed by atoms with E-state index in [1.54, 1.807) is 7.05 Å². The van der Waals surface area contributed by atoms with Crippen molar-refractivity contribution in [1.29, 1.82) is 0 Å². The highest BCUT2D eigenvalue weighted by atomic mass is 32.1. The van der Waals surface area contributed by atoms with Gasteiger partial charge in [0, 0.05) is 55.8 Å². The summed E-state index contributed by atoms with van der Waals surface area (Å²) in [4.78, 5) is 35.9. The lowest BCUT2D eigenvalue weighted by atomic mass is 9.87. The van der Waals surface area contributed by atoms with E-state index >= 15 is 0 Å². The second kappa shape index (κ2) is 13.8. The van der Waals surface area contributed by atoms with Gasteiger partial charge in [0.25, 0.3) is 5.91 Å².